The Bertz CT molecular complexity index is 468. The Labute approximate surface area is 115 Å². The normalized spacial score (nSPS) is 10.0. The molecule has 0 heterocycles. The van der Waals surface area contributed by atoms with Gasteiger partial charge >= 0.3 is 6.03 Å². The zero-order chi connectivity index (χ0) is 14.3. The van der Waals surface area contributed by atoms with Crippen molar-refractivity contribution in [3.63, 3.8) is 0 Å². The lowest BCUT2D eigenvalue weighted by Crippen LogP contribution is -2.40. The van der Waals surface area contributed by atoms with Gasteiger partial charge in [-0.3, -0.25) is 10.1 Å². The molecule has 0 aromatic heterocycles. The van der Waals surface area contributed by atoms with Gasteiger partial charge < -0.3 is 11.1 Å². The van der Waals surface area contributed by atoms with Crippen LogP contribution >= 0.6 is 11.8 Å². The van der Waals surface area contributed by atoms with Crippen LogP contribution in [0.25, 0.3) is 0 Å². The Hall–Kier alpha value is -1.76. The van der Waals surface area contributed by atoms with E-state index in [9.17, 15) is 14.0 Å². The number of nitrogen functional groups attached to an aromatic ring is 1. The maximum Gasteiger partial charge on any atom is 0.321 e. The van der Waals surface area contributed by atoms with Crippen LogP contribution in [0.5, 0.6) is 0 Å². The number of amides is 3. The molecule has 0 spiro atoms. The monoisotopic (exact) mass is 285 g/mol. The van der Waals surface area contributed by atoms with Crippen LogP contribution in [0.2, 0.25) is 0 Å². The SMILES string of the molecule is CCCNC(=O)NC(=O)CSc1ccc(F)cc1N. The molecule has 4 N–H and O–H groups in total. The Morgan fingerprint density at radius 2 is 2.16 bits per heavy atom. The van der Waals surface area contributed by atoms with Gasteiger partial charge in [-0.25, -0.2) is 9.18 Å². The lowest BCUT2D eigenvalue weighted by atomic mass is 10.3. The number of carbonyl (C=O) groups excluding carboxylic acids is 2. The van der Waals surface area contributed by atoms with Gasteiger partial charge in [0.1, 0.15) is 5.82 Å². The highest BCUT2D eigenvalue weighted by Crippen LogP contribution is 2.25. The second-order valence-electron chi connectivity index (χ2n) is 3.77. The molecule has 0 aliphatic rings. The third kappa shape index (κ3) is 5.60. The Balaban J connectivity index is 2.39. The predicted molar refractivity (Wildman–Crippen MR) is 73.4 cm³/mol. The quantitative estimate of drug-likeness (QED) is 0.568. The zero-order valence-electron chi connectivity index (χ0n) is 10.5. The van der Waals surface area contributed by atoms with Crippen molar-refractivity contribution in [3.05, 3.63) is 24.0 Å². The molecule has 0 fully saturated rings. The van der Waals surface area contributed by atoms with Crippen molar-refractivity contribution in [2.45, 2.75) is 18.2 Å². The summed E-state index contributed by atoms with van der Waals surface area (Å²) in [6.45, 7) is 2.42. The van der Waals surface area contributed by atoms with E-state index in [2.05, 4.69) is 10.6 Å². The third-order valence-electron chi connectivity index (χ3n) is 2.12. The standard InChI is InChI=1S/C12H16FN3O2S/c1-2-5-15-12(18)16-11(17)7-19-10-4-3-8(13)6-9(10)14/h3-4,6H,2,5,7,14H2,1H3,(H2,15,16,17,18). The lowest BCUT2D eigenvalue weighted by Gasteiger charge is -2.07. The fourth-order valence-electron chi connectivity index (χ4n) is 1.24. The molecule has 0 aliphatic carbocycles. The van der Waals surface area contributed by atoms with Gasteiger partial charge in [-0.15, -0.1) is 11.8 Å². The van der Waals surface area contributed by atoms with Crippen LogP contribution in [0.4, 0.5) is 14.9 Å². The summed E-state index contributed by atoms with van der Waals surface area (Å²) in [5.74, 6) is -0.817. The average molecular weight is 285 g/mol. The smallest absolute Gasteiger partial charge is 0.321 e. The second-order valence-corrected chi connectivity index (χ2v) is 4.79. The van der Waals surface area contributed by atoms with Gasteiger partial charge in [0.15, 0.2) is 0 Å². The number of halogens is 1. The van der Waals surface area contributed by atoms with Crippen molar-refractivity contribution >= 4 is 29.4 Å². The second kappa shape index (κ2) is 7.63. The first kappa shape index (κ1) is 15.3. The number of rotatable bonds is 5. The molecule has 19 heavy (non-hydrogen) atoms. The van der Waals surface area contributed by atoms with E-state index in [4.69, 9.17) is 5.73 Å². The van der Waals surface area contributed by atoms with Gasteiger partial charge in [-0.2, -0.15) is 0 Å². The summed E-state index contributed by atoms with van der Waals surface area (Å²) in [5, 5.41) is 4.72. The largest absolute Gasteiger partial charge is 0.398 e. The number of carbonyl (C=O) groups is 2. The Kier molecular flexibility index (Phi) is 6.14. The lowest BCUT2D eigenvalue weighted by molar-refractivity contribution is -0.117. The number of hydrogen-bond acceptors (Lipinski definition) is 4. The van der Waals surface area contributed by atoms with Crippen molar-refractivity contribution in [2.24, 2.45) is 0 Å². The average Bonchev–Trinajstić information content (AvgIpc) is 2.35. The summed E-state index contributed by atoms with van der Waals surface area (Å²) < 4.78 is 12.8. The molecular formula is C12H16FN3O2S. The van der Waals surface area contributed by atoms with E-state index in [1.807, 2.05) is 6.92 Å². The Morgan fingerprint density at radius 1 is 1.42 bits per heavy atom. The number of anilines is 1. The number of nitrogens with two attached hydrogens (primary N) is 1. The highest BCUT2D eigenvalue weighted by molar-refractivity contribution is 8.00. The van der Waals surface area contributed by atoms with Crippen LogP contribution in [0, 0.1) is 5.82 Å². The molecule has 0 unspecified atom stereocenters. The van der Waals surface area contributed by atoms with Crippen molar-refractivity contribution in [2.75, 3.05) is 18.0 Å². The van der Waals surface area contributed by atoms with Crippen LogP contribution in [-0.4, -0.2) is 24.2 Å². The first-order valence-electron chi connectivity index (χ1n) is 5.78. The summed E-state index contributed by atoms with van der Waals surface area (Å²) in [4.78, 5) is 23.3. The van der Waals surface area contributed by atoms with Gasteiger partial charge in [0.05, 0.1) is 5.75 Å². The van der Waals surface area contributed by atoms with E-state index in [0.717, 1.165) is 18.2 Å². The first-order valence-corrected chi connectivity index (χ1v) is 6.77. The minimum absolute atomic E-state index is 0.0371. The summed E-state index contributed by atoms with van der Waals surface area (Å²) in [5.41, 5.74) is 5.87. The number of nitrogens with one attached hydrogen (secondary N) is 2. The third-order valence-corrected chi connectivity index (χ3v) is 3.21. The maximum atomic E-state index is 12.8. The van der Waals surface area contributed by atoms with Crippen LogP contribution in [-0.2, 0) is 4.79 Å². The van der Waals surface area contributed by atoms with Gasteiger partial charge in [0.2, 0.25) is 5.91 Å². The maximum absolute atomic E-state index is 12.8. The fraction of sp³-hybridized carbons (Fsp3) is 0.333. The molecule has 1 aromatic rings. The highest BCUT2D eigenvalue weighted by atomic mass is 32.2. The van der Waals surface area contributed by atoms with Crippen LogP contribution < -0.4 is 16.4 Å². The van der Waals surface area contributed by atoms with E-state index in [0.29, 0.717) is 11.4 Å². The molecule has 104 valence electrons. The minimum Gasteiger partial charge on any atom is -0.398 e. The number of hydrogen-bond donors (Lipinski definition) is 3. The van der Waals surface area contributed by atoms with Crippen LogP contribution in [0.3, 0.4) is 0 Å². The highest BCUT2D eigenvalue weighted by Gasteiger charge is 2.09. The number of imide groups is 1. The molecule has 0 aliphatic heterocycles. The molecule has 5 nitrogen and oxygen atoms in total. The molecule has 0 saturated heterocycles. The van der Waals surface area contributed by atoms with Crippen molar-refractivity contribution in [1.82, 2.24) is 10.6 Å². The molecule has 1 aromatic carbocycles. The molecule has 0 bridgehead atoms. The molecule has 0 saturated carbocycles. The summed E-state index contributed by atoms with van der Waals surface area (Å²) in [6.07, 6.45) is 0.794. The first-order chi connectivity index (χ1) is 9.02. The summed E-state index contributed by atoms with van der Waals surface area (Å²) >= 11 is 1.15. The van der Waals surface area contributed by atoms with E-state index in [1.54, 1.807) is 0 Å². The zero-order valence-corrected chi connectivity index (χ0v) is 11.3. The van der Waals surface area contributed by atoms with Gasteiger partial charge in [-0.05, 0) is 24.6 Å². The van der Waals surface area contributed by atoms with E-state index >= 15 is 0 Å². The van der Waals surface area contributed by atoms with Crippen molar-refractivity contribution in [3.8, 4) is 0 Å². The molecule has 3 amide bonds. The van der Waals surface area contributed by atoms with Gasteiger partial charge in [0, 0.05) is 17.1 Å². The fourth-order valence-corrected chi connectivity index (χ4v) is 1.99. The van der Waals surface area contributed by atoms with Gasteiger partial charge in [-0.1, -0.05) is 6.92 Å². The molecule has 1 rings (SSSR count). The van der Waals surface area contributed by atoms with E-state index in [1.165, 1.54) is 18.2 Å². The summed E-state index contributed by atoms with van der Waals surface area (Å²) in [7, 11) is 0. The number of benzene rings is 1. The molecular weight excluding hydrogens is 269 g/mol. The molecule has 7 heteroatoms. The van der Waals surface area contributed by atoms with Crippen molar-refractivity contribution < 1.29 is 14.0 Å². The van der Waals surface area contributed by atoms with Crippen LogP contribution in [0.15, 0.2) is 23.1 Å². The van der Waals surface area contributed by atoms with E-state index < -0.39 is 17.8 Å². The number of thioether (sulfide) groups is 1. The van der Waals surface area contributed by atoms with Crippen LogP contribution in [0.1, 0.15) is 13.3 Å². The topological polar surface area (TPSA) is 84.2 Å². The number of urea groups is 1. The molecule has 0 radical (unpaired) electrons. The van der Waals surface area contributed by atoms with Gasteiger partial charge in [0.25, 0.3) is 0 Å². The summed E-state index contributed by atoms with van der Waals surface area (Å²) in [6, 6.07) is 3.44. The predicted octanol–water partition coefficient (Wildman–Crippen LogP) is 1.74. The minimum atomic E-state index is -0.514. The van der Waals surface area contributed by atoms with E-state index in [-0.39, 0.29) is 11.4 Å². The Morgan fingerprint density at radius 3 is 2.79 bits per heavy atom. The van der Waals surface area contributed by atoms with Crippen molar-refractivity contribution in [1.29, 1.82) is 0 Å². The molecule has 0 atom stereocenters.